The Balaban J connectivity index is 2.01. The smallest absolute Gasteiger partial charge is 0.135 e. The third-order valence-corrected chi connectivity index (χ3v) is 5.94. The first kappa shape index (κ1) is 22.9. The van der Waals surface area contributed by atoms with Gasteiger partial charge in [-0.2, -0.15) is 0 Å². The number of fused-ring (bicyclic) bond motifs is 1. The zero-order chi connectivity index (χ0) is 22.4. The topological polar surface area (TPSA) is 21.6 Å². The van der Waals surface area contributed by atoms with Crippen LogP contribution in [0.25, 0.3) is 5.57 Å². The van der Waals surface area contributed by atoms with Gasteiger partial charge < -0.3 is 4.74 Å². The molecule has 1 aliphatic carbocycles. The summed E-state index contributed by atoms with van der Waals surface area (Å²) < 4.78 is 5.96. The minimum absolute atomic E-state index is 0.115. The van der Waals surface area contributed by atoms with Crippen LogP contribution in [0.3, 0.4) is 0 Å². The van der Waals surface area contributed by atoms with E-state index in [4.69, 9.17) is 9.73 Å². The lowest BCUT2D eigenvalue weighted by Gasteiger charge is -2.16. The van der Waals surface area contributed by atoms with E-state index in [1.54, 1.807) is 0 Å². The molecular weight excluding hydrogens is 378 g/mol. The zero-order valence-corrected chi connectivity index (χ0v) is 19.9. The van der Waals surface area contributed by atoms with Crippen molar-refractivity contribution in [2.24, 2.45) is 10.9 Å². The fraction of sp³-hybridized carbons (Fsp3) is 0.414. The Bertz CT molecular complexity index is 1050. The largest absolute Gasteiger partial charge is 0.490 e. The number of aryl methyl sites for hydroxylation is 1. The van der Waals surface area contributed by atoms with Crippen molar-refractivity contribution in [2.75, 3.05) is 0 Å². The molecular formula is C29H35NO. The van der Waals surface area contributed by atoms with Crippen LogP contribution in [-0.2, 0) is 12.8 Å². The summed E-state index contributed by atoms with van der Waals surface area (Å²) in [5.41, 5.74) is 8.72. The van der Waals surface area contributed by atoms with Crippen molar-refractivity contribution < 1.29 is 4.74 Å². The van der Waals surface area contributed by atoms with Crippen LogP contribution in [0.4, 0.5) is 0 Å². The van der Waals surface area contributed by atoms with Gasteiger partial charge in [0.1, 0.15) is 5.75 Å². The van der Waals surface area contributed by atoms with Crippen LogP contribution in [-0.4, -0.2) is 11.8 Å². The molecule has 0 saturated heterocycles. The van der Waals surface area contributed by atoms with Crippen molar-refractivity contribution >= 4 is 11.3 Å². The molecule has 1 atom stereocenters. The van der Waals surface area contributed by atoms with E-state index in [0.29, 0.717) is 5.92 Å². The fourth-order valence-corrected chi connectivity index (χ4v) is 4.18. The van der Waals surface area contributed by atoms with Gasteiger partial charge in [0.15, 0.2) is 0 Å². The van der Waals surface area contributed by atoms with E-state index < -0.39 is 0 Å². The van der Waals surface area contributed by atoms with E-state index in [1.807, 2.05) is 26.8 Å². The number of nitrogens with zero attached hydrogens (tertiary/aromatic N) is 1. The maximum atomic E-state index is 5.96. The van der Waals surface area contributed by atoms with Gasteiger partial charge in [0.2, 0.25) is 0 Å². The molecule has 2 nitrogen and oxygen atoms in total. The molecule has 0 amide bonds. The average Bonchev–Trinajstić information content (AvgIpc) is 3.24. The lowest BCUT2D eigenvalue weighted by molar-refractivity contribution is 0.242. The first-order chi connectivity index (χ1) is 14.9. The Morgan fingerprint density at radius 3 is 2.68 bits per heavy atom. The Hall–Kier alpha value is -2.79. The molecule has 0 radical (unpaired) electrons. The zero-order valence-electron chi connectivity index (χ0n) is 19.9. The van der Waals surface area contributed by atoms with Crippen LogP contribution in [0.15, 0.2) is 47.6 Å². The molecule has 2 heteroatoms. The first-order valence-corrected chi connectivity index (χ1v) is 11.5. The highest BCUT2D eigenvalue weighted by Gasteiger charge is 2.16. The molecule has 0 fully saturated rings. The van der Waals surface area contributed by atoms with E-state index in [1.165, 1.54) is 41.5 Å². The van der Waals surface area contributed by atoms with Gasteiger partial charge >= 0.3 is 0 Å². The molecule has 2 aromatic rings. The Kier molecular flexibility index (Phi) is 7.75. The fourth-order valence-electron chi connectivity index (χ4n) is 4.18. The summed E-state index contributed by atoms with van der Waals surface area (Å²) in [6, 6.07) is 13.0. The summed E-state index contributed by atoms with van der Waals surface area (Å²) in [7, 11) is 0. The number of rotatable bonds is 7. The molecule has 1 aliphatic rings. The summed E-state index contributed by atoms with van der Waals surface area (Å²) in [6.07, 6.45) is 6.83. The van der Waals surface area contributed by atoms with Crippen molar-refractivity contribution in [3.8, 4) is 17.6 Å². The van der Waals surface area contributed by atoms with Gasteiger partial charge in [-0.25, -0.2) is 0 Å². The first-order valence-electron chi connectivity index (χ1n) is 11.5. The third kappa shape index (κ3) is 5.47. The molecule has 3 rings (SSSR count). The van der Waals surface area contributed by atoms with Crippen LogP contribution in [0.2, 0.25) is 0 Å². The number of benzene rings is 2. The summed E-state index contributed by atoms with van der Waals surface area (Å²) in [6.45, 7) is 12.6. The van der Waals surface area contributed by atoms with Gasteiger partial charge in [-0.15, -0.1) is 5.92 Å². The van der Waals surface area contributed by atoms with Crippen molar-refractivity contribution in [1.29, 1.82) is 0 Å². The summed E-state index contributed by atoms with van der Waals surface area (Å²) in [4.78, 5) is 5.02. The molecule has 0 heterocycles. The number of ether oxygens (including phenoxy) is 1. The molecule has 0 N–H and O–H groups in total. The lowest BCUT2D eigenvalue weighted by atomic mass is 9.94. The van der Waals surface area contributed by atoms with Gasteiger partial charge in [-0.1, -0.05) is 38.0 Å². The second-order valence-corrected chi connectivity index (χ2v) is 8.69. The number of hydrogen-bond donors (Lipinski definition) is 0. The molecule has 0 bridgehead atoms. The third-order valence-electron chi connectivity index (χ3n) is 5.94. The van der Waals surface area contributed by atoms with Gasteiger partial charge in [0, 0.05) is 6.20 Å². The molecule has 162 valence electrons. The van der Waals surface area contributed by atoms with Gasteiger partial charge in [0.25, 0.3) is 0 Å². The quantitative estimate of drug-likeness (QED) is 0.346. The summed E-state index contributed by atoms with van der Waals surface area (Å²) in [5.74, 6) is 7.42. The second kappa shape index (κ2) is 10.5. The molecule has 0 aromatic heterocycles. The van der Waals surface area contributed by atoms with E-state index >= 15 is 0 Å². The van der Waals surface area contributed by atoms with Crippen LogP contribution >= 0.6 is 0 Å². The highest BCUT2D eigenvalue weighted by atomic mass is 16.5. The van der Waals surface area contributed by atoms with Gasteiger partial charge in [-0.05, 0) is 105 Å². The SMILES string of the molecule is CC#Cc1cc(C(=N/C=C(\C)c2cccc3c2CCC3)C(C)CC)ccc1OC(C)C. The minimum Gasteiger partial charge on any atom is -0.490 e. The van der Waals surface area contributed by atoms with E-state index in [9.17, 15) is 0 Å². The van der Waals surface area contributed by atoms with Crippen molar-refractivity contribution in [3.05, 3.63) is 70.4 Å². The Morgan fingerprint density at radius 2 is 1.97 bits per heavy atom. The molecule has 1 unspecified atom stereocenters. The lowest BCUT2D eigenvalue weighted by Crippen LogP contribution is -2.13. The van der Waals surface area contributed by atoms with Crippen molar-refractivity contribution in [1.82, 2.24) is 0 Å². The minimum atomic E-state index is 0.115. The standard InChI is InChI=1S/C29H35NO/c1-7-11-24-18-25(16-17-28(24)31-20(3)4)29(21(5)8-2)30-19-22(6)26-14-9-12-23-13-10-15-27(23)26/h9,12,14,16-21H,8,10,13,15H2,1-6H3/b22-19+,30-29?. The predicted molar refractivity (Wildman–Crippen MR) is 133 cm³/mol. The Labute approximate surface area is 188 Å². The molecule has 0 saturated carbocycles. The van der Waals surface area contributed by atoms with E-state index in [0.717, 1.165) is 29.0 Å². The summed E-state index contributed by atoms with van der Waals surface area (Å²) in [5, 5.41) is 0. The van der Waals surface area contributed by atoms with Crippen LogP contribution in [0, 0.1) is 17.8 Å². The molecule has 0 spiro atoms. The number of aliphatic imine (C=N–C) groups is 1. The average molecular weight is 414 g/mol. The predicted octanol–water partition coefficient (Wildman–Crippen LogP) is 7.23. The second-order valence-electron chi connectivity index (χ2n) is 8.69. The maximum Gasteiger partial charge on any atom is 0.135 e. The van der Waals surface area contributed by atoms with Crippen molar-refractivity contribution in [2.45, 2.75) is 73.3 Å². The molecule has 31 heavy (non-hydrogen) atoms. The van der Waals surface area contributed by atoms with Gasteiger partial charge in [-0.3, -0.25) is 4.99 Å². The monoisotopic (exact) mass is 413 g/mol. The Morgan fingerprint density at radius 1 is 1.16 bits per heavy atom. The van der Waals surface area contributed by atoms with Gasteiger partial charge in [0.05, 0.1) is 17.4 Å². The molecule has 2 aromatic carbocycles. The van der Waals surface area contributed by atoms with Crippen LogP contribution < -0.4 is 4.74 Å². The van der Waals surface area contributed by atoms with Crippen LogP contribution in [0.5, 0.6) is 5.75 Å². The molecule has 0 aliphatic heterocycles. The van der Waals surface area contributed by atoms with Crippen molar-refractivity contribution in [3.63, 3.8) is 0 Å². The maximum absolute atomic E-state index is 5.96. The number of hydrogen-bond acceptors (Lipinski definition) is 2. The van der Waals surface area contributed by atoms with Crippen LogP contribution in [0.1, 0.15) is 82.2 Å². The highest BCUT2D eigenvalue weighted by molar-refractivity contribution is 6.03. The normalized spacial score (nSPS) is 14.8. The summed E-state index contributed by atoms with van der Waals surface area (Å²) >= 11 is 0. The van der Waals surface area contributed by atoms with E-state index in [-0.39, 0.29) is 6.10 Å². The number of allylic oxidation sites excluding steroid dienone is 1. The van der Waals surface area contributed by atoms with E-state index in [2.05, 4.69) is 69.1 Å². The highest BCUT2D eigenvalue weighted by Crippen LogP contribution is 2.30.